The number of sulfonamides is 1. The average molecular weight is 476 g/mol. The lowest BCUT2D eigenvalue weighted by Gasteiger charge is -2.17. The molecule has 4 N–H and O–H groups in total. The van der Waals surface area contributed by atoms with Gasteiger partial charge >= 0.3 is 12.1 Å². The number of aliphatic hydroxyl groups is 1. The molecular formula is C22H25N3O7S. The molecule has 1 aromatic heterocycles. The van der Waals surface area contributed by atoms with E-state index in [4.69, 9.17) is 4.74 Å². The van der Waals surface area contributed by atoms with Crippen LogP contribution >= 0.6 is 0 Å². The molecule has 10 nitrogen and oxygen atoms in total. The van der Waals surface area contributed by atoms with Gasteiger partial charge < -0.3 is 19.5 Å². The molecule has 3 aromatic rings. The molecule has 0 saturated carbocycles. The molecule has 0 aliphatic rings. The third kappa shape index (κ3) is 6.78. The maximum Gasteiger partial charge on any atom is 0.413 e. The molecule has 11 heteroatoms. The van der Waals surface area contributed by atoms with Crippen molar-refractivity contribution in [2.24, 2.45) is 0 Å². The van der Waals surface area contributed by atoms with Gasteiger partial charge in [-0.3, -0.25) is 10.1 Å². The van der Waals surface area contributed by atoms with E-state index in [9.17, 15) is 28.2 Å². The molecule has 0 saturated heterocycles. The zero-order chi connectivity index (χ0) is 24.0. The summed E-state index contributed by atoms with van der Waals surface area (Å²) in [6.07, 6.45) is -1.42. The highest BCUT2D eigenvalue weighted by Crippen LogP contribution is 2.32. The van der Waals surface area contributed by atoms with Gasteiger partial charge in [0.25, 0.3) is 0 Å². The monoisotopic (exact) mass is 475 g/mol. The summed E-state index contributed by atoms with van der Waals surface area (Å²) in [4.78, 5) is 23.8. The fourth-order valence-corrected chi connectivity index (χ4v) is 4.07. The Morgan fingerprint density at radius 2 is 1.76 bits per heavy atom. The molecular weight excluding hydrogens is 450 g/mol. The number of hydrogen-bond acceptors (Lipinski definition) is 6. The second kappa shape index (κ2) is 10.5. The molecule has 33 heavy (non-hydrogen) atoms. The van der Waals surface area contributed by atoms with E-state index in [2.05, 4.69) is 10.0 Å². The number of aromatic nitrogens is 1. The number of nitrogens with one attached hydrogen (secondary N) is 2. The van der Waals surface area contributed by atoms with Gasteiger partial charge in [-0.25, -0.2) is 13.2 Å². The molecule has 0 radical (unpaired) electrons. The van der Waals surface area contributed by atoms with Crippen molar-refractivity contribution in [2.45, 2.75) is 32.2 Å². The Hall–Kier alpha value is -3.41. The van der Waals surface area contributed by atoms with Gasteiger partial charge in [0.1, 0.15) is 18.7 Å². The van der Waals surface area contributed by atoms with Crippen LogP contribution in [0.25, 0.3) is 10.9 Å². The molecule has 0 bridgehead atoms. The Morgan fingerprint density at radius 1 is 1.09 bits per heavy atom. The standard InChI is InChI=1S/C22H25N3O7S/c1-33(30,31)24-19(26)13-25-18-10-6-5-9-16(18)17(11-12-20(27)28)21(25)23-22(29)32-14-15-7-3-2-4-8-15/h2-10,19,24,26H,11-14H2,1H3,(H,23,29)(H,27,28). The van der Waals surface area contributed by atoms with Gasteiger partial charge in [-0.05, 0) is 18.1 Å². The van der Waals surface area contributed by atoms with Gasteiger partial charge in [-0.1, -0.05) is 48.5 Å². The normalized spacial score (nSPS) is 12.4. The van der Waals surface area contributed by atoms with Crippen molar-refractivity contribution in [3.8, 4) is 0 Å². The Morgan fingerprint density at radius 3 is 2.42 bits per heavy atom. The van der Waals surface area contributed by atoms with Gasteiger partial charge in [0, 0.05) is 17.4 Å². The lowest BCUT2D eigenvalue weighted by molar-refractivity contribution is -0.136. The van der Waals surface area contributed by atoms with E-state index < -0.39 is 28.3 Å². The van der Waals surface area contributed by atoms with Crippen molar-refractivity contribution in [3.05, 3.63) is 65.7 Å². The molecule has 1 unspecified atom stereocenters. The van der Waals surface area contributed by atoms with Crippen LogP contribution in [0.2, 0.25) is 0 Å². The van der Waals surface area contributed by atoms with Gasteiger partial charge in [-0.15, -0.1) is 0 Å². The van der Waals surface area contributed by atoms with E-state index in [0.29, 0.717) is 16.5 Å². The highest BCUT2D eigenvalue weighted by atomic mass is 32.2. The number of anilines is 1. The van der Waals surface area contributed by atoms with E-state index >= 15 is 0 Å². The van der Waals surface area contributed by atoms with E-state index in [0.717, 1.165) is 11.8 Å². The van der Waals surface area contributed by atoms with Crippen LogP contribution in [0.1, 0.15) is 17.5 Å². The van der Waals surface area contributed by atoms with Crippen LogP contribution in [0.15, 0.2) is 54.6 Å². The Balaban J connectivity index is 1.95. The summed E-state index contributed by atoms with van der Waals surface area (Å²) >= 11 is 0. The quantitative estimate of drug-likeness (QED) is 0.329. The van der Waals surface area contributed by atoms with Crippen molar-refractivity contribution < 1.29 is 33.0 Å². The largest absolute Gasteiger partial charge is 0.481 e. The highest BCUT2D eigenvalue weighted by Gasteiger charge is 2.22. The number of benzene rings is 2. The lowest BCUT2D eigenvalue weighted by atomic mass is 10.1. The van der Waals surface area contributed by atoms with Crippen LogP contribution in [0.5, 0.6) is 0 Å². The fraction of sp³-hybridized carbons (Fsp3) is 0.273. The zero-order valence-corrected chi connectivity index (χ0v) is 18.7. The van der Waals surface area contributed by atoms with E-state index in [1.54, 1.807) is 36.4 Å². The number of hydrogen-bond donors (Lipinski definition) is 4. The lowest BCUT2D eigenvalue weighted by Crippen LogP contribution is -2.37. The van der Waals surface area contributed by atoms with Crippen molar-refractivity contribution in [1.29, 1.82) is 0 Å². The Bertz CT molecular complexity index is 1240. The molecule has 0 fully saturated rings. The molecule has 0 aliphatic carbocycles. The molecule has 1 amide bonds. The SMILES string of the molecule is CS(=O)(=O)NC(O)Cn1c(NC(=O)OCc2ccccc2)c(CCC(=O)O)c2ccccc21. The smallest absolute Gasteiger partial charge is 0.413 e. The minimum atomic E-state index is -3.69. The van der Waals surface area contributed by atoms with Crippen molar-refractivity contribution in [3.63, 3.8) is 0 Å². The van der Waals surface area contributed by atoms with E-state index in [1.165, 1.54) is 4.57 Å². The number of nitrogens with zero attached hydrogens (tertiary/aromatic N) is 1. The number of carboxylic acid groups (broad SMARTS) is 1. The summed E-state index contributed by atoms with van der Waals surface area (Å²) in [6.45, 7) is -0.204. The topological polar surface area (TPSA) is 147 Å². The first kappa shape index (κ1) is 24.2. The number of rotatable bonds is 10. The van der Waals surface area contributed by atoms with Crippen molar-refractivity contribution >= 4 is 38.8 Å². The number of amides is 1. The van der Waals surface area contributed by atoms with Crippen LogP contribution in [-0.4, -0.2) is 47.7 Å². The predicted molar refractivity (Wildman–Crippen MR) is 122 cm³/mol. The van der Waals surface area contributed by atoms with Gasteiger partial charge in [0.2, 0.25) is 10.0 Å². The molecule has 0 aliphatic heterocycles. The van der Waals surface area contributed by atoms with Crippen molar-refractivity contribution in [1.82, 2.24) is 9.29 Å². The number of fused-ring (bicyclic) bond motifs is 1. The summed E-state index contributed by atoms with van der Waals surface area (Å²) in [5.41, 5.74) is 1.91. The van der Waals surface area contributed by atoms with E-state index in [-0.39, 0.29) is 31.8 Å². The molecule has 1 atom stereocenters. The van der Waals surface area contributed by atoms with Gasteiger partial charge in [0.15, 0.2) is 0 Å². The maximum absolute atomic E-state index is 12.6. The Labute approximate surface area is 190 Å². The summed E-state index contributed by atoms with van der Waals surface area (Å²) in [5, 5.41) is 22.8. The number of aryl methyl sites for hydroxylation is 1. The predicted octanol–water partition coefficient (Wildman–Crippen LogP) is 2.27. The van der Waals surface area contributed by atoms with E-state index in [1.807, 2.05) is 18.2 Å². The molecule has 3 rings (SSSR count). The maximum atomic E-state index is 12.6. The first-order valence-electron chi connectivity index (χ1n) is 10.1. The van der Waals surface area contributed by atoms with Crippen LogP contribution < -0.4 is 10.0 Å². The number of para-hydroxylation sites is 1. The zero-order valence-electron chi connectivity index (χ0n) is 17.9. The first-order chi connectivity index (χ1) is 15.6. The number of ether oxygens (including phenoxy) is 1. The number of aliphatic carboxylic acids is 1. The minimum absolute atomic E-state index is 0.0234. The molecule has 176 valence electrons. The summed E-state index contributed by atoms with van der Waals surface area (Å²) < 4.78 is 32.0. The average Bonchev–Trinajstić information content (AvgIpc) is 3.02. The third-order valence-electron chi connectivity index (χ3n) is 4.80. The minimum Gasteiger partial charge on any atom is -0.481 e. The van der Waals surface area contributed by atoms with Gasteiger partial charge in [-0.2, -0.15) is 4.72 Å². The van der Waals surface area contributed by atoms with Crippen LogP contribution in [0.4, 0.5) is 10.6 Å². The van der Waals surface area contributed by atoms with Gasteiger partial charge in [0.05, 0.1) is 18.3 Å². The summed E-state index contributed by atoms with van der Waals surface area (Å²) in [7, 11) is -3.69. The second-order valence-corrected chi connectivity index (χ2v) is 9.22. The van der Waals surface area contributed by atoms with Crippen LogP contribution in [-0.2, 0) is 39.1 Å². The van der Waals surface area contributed by atoms with Crippen LogP contribution in [0, 0.1) is 0 Å². The second-order valence-electron chi connectivity index (χ2n) is 7.44. The summed E-state index contributed by atoms with van der Waals surface area (Å²) in [5.74, 6) is -0.784. The first-order valence-corrected chi connectivity index (χ1v) is 12.0. The molecule has 2 aromatic carbocycles. The van der Waals surface area contributed by atoms with Crippen molar-refractivity contribution in [2.75, 3.05) is 11.6 Å². The molecule has 0 spiro atoms. The number of carbonyl (C=O) groups is 2. The highest BCUT2D eigenvalue weighted by molar-refractivity contribution is 7.88. The Kier molecular flexibility index (Phi) is 7.69. The fourth-order valence-electron chi connectivity index (χ4n) is 3.51. The third-order valence-corrected chi connectivity index (χ3v) is 5.50. The number of aliphatic hydroxyl groups excluding tert-OH is 1. The van der Waals surface area contributed by atoms with Crippen LogP contribution in [0.3, 0.4) is 0 Å². The summed E-state index contributed by atoms with van der Waals surface area (Å²) in [6, 6.07) is 16.1. The molecule has 1 heterocycles. The number of carboxylic acids is 1. The number of carbonyl (C=O) groups excluding carboxylic acids is 1.